The molecule has 3 saturated carbocycles. The summed E-state index contributed by atoms with van der Waals surface area (Å²) >= 11 is 0. The Labute approximate surface area is 304 Å². The van der Waals surface area contributed by atoms with Gasteiger partial charge >= 0.3 is 0 Å². The van der Waals surface area contributed by atoms with Crippen LogP contribution in [0.15, 0.2) is 127 Å². The lowest BCUT2D eigenvalue weighted by molar-refractivity contribution is 0.420. The zero-order chi connectivity index (χ0) is 34.1. The molecule has 6 aromatic carbocycles. The molecule has 51 heavy (non-hydrogen) atoms. The van der Waals surface area contributed by atoms with E-state index in [1.807, 2.05) is 0 Å². The van der Waals surface area contributed by atoms with E-state index in [2.05, 4.69) is 146 Å². The summed E-state index contributed by atoms with van der Waals surface area (Å²) in [7, 11) is 0. The number of rotatable bonds is 6. The van der Waals surface area contributed by atoms with Crippen molar-refractivity contribution in [2.45, 2.75) is 88.9 Å². The Bertz CT molecular complexity index is 2240. The van der Waals surface area contributed by atoms with Crippen molar-refractivity contribution in [1.82, 2.24) is 0 Å². The number of anilines is 3. The number of nitrogens with zero attached hydrogens (tertiary/aromatic N) is 1. The van der Waals surface area contributed by atoms with Crippen molar-refractivity contribution in [3.63, 3.8) is 0 Å². The maximum atomic E-state index is 2.56. The Morgan fingerprint density at radius 3 is 2.14 bits per heavy atom. The molecule has 3 atom stereocenters. The van der Waals surface area contributed by atoms with Gasteiger partial charge in [0.15, 0.2) is 0 Å². The molecule has 4 aliphatic carbocycles. The predicted molar refractivity (Wildman–Crippen MR) is 216 cm³/mol. The fourth-order valence-electron chi connectivity index (χ4n) is 10.8. The molecule has 4 aliphatic rings. The van der Waals surface area contributed by atoms with Gasteiger partial charge in [-0.15, -0.1) is 0 Å². The predicted octanol–water partition coefficient (Wildman–Crippen LogP) is 14.2. The van der Waals surface area contributed by atoms with Crippen LogP contribution in [0.2, 0.25) is 0 Å². The van der Waals surface area contributed by atoms with E-state index in [9.17, 15) is 0 Å². The second kappa shape index (κ2) is 12.3. The average molecular weight is 664 g/mol. The van der Waals surface area contributed by atoms with Gasteiger partial charge in [-0.2, -0.15) is 0 Å². The molecule has 2 bridgehead atoms. The van der Waals surface area contributed by atoms with Crippen LogP contribution >= 0.6 is 0 Å². The molecule has 0 aromatic heterocycles. The van der Waals surface area contributed by atoms with Gasteiger partial charge in [-0.1, -0.05) is 124 Å². The van der Waals surface area contributed by atoms with E-state index in [1.165, 1.54) is 125 Å². The highest BCUT2D eigenvalue weighted by Crippen LogP contribution is 2.54. The normalized spacial score (nSPS) is 21.9. The summed E-state index contributed by atoms with van der Waals surface area (Å²) in [4.78, 5) is 2.56. The summed E-state index contributed by atoms with van der Waals surface area (Å²) in [5, 5.41) is 2.67. The topological polar surface area (TPSA) is 3.24 Å². The van der Waals surface area contributed by atoms with Gasteiger partial charge in [-0.3, -0.25) is 0 Å². The number of benzene rings is 6. The van der Waals surface area contributed by atoms with E-state index in [0.717, 1.165) is 17.8 Å². The summed E-state index contributed by atoms with van der Waals surface area (Å²) < 4.78 is 0. The minimum absolute atomic E-state index is 0.0971. The number of hydrogen-bond donors (Lipinski definition) is 0. The standard InChI is InChI=1S/C50H49N/c1-50(2)47-27-22-39(35-12-7-4-8-13-35)31-46(47)43-26-25-42(32-48(43)50)51(41-23-20-37(21-24-41)44-29-33-16-17-40(44)28-33)49-15-9-14-36-18-19-38(30-45(36)49)34-10-5-3-6-11-34/h4,7-9,12-15,18-27,30-34,40,44H,3,5-6,10-11,16-17,28-29H2,1-2H3. The molecule has 0 spiro atoms. The van der Waals surface area contributed by atoms with Gasteiger partial charge in [0.2, 0.25) is 0 Å². The molecule has 1 nitrogen and oxygen atoms in total. The van der Waals surface area contributed by atoms with Crippen LogP contribution in [-0.2, 0) is 5.41 Å². The Kier molecular flexibility index (Phi) is 7.49. The van der Waals surface area contributed by atoms with Gasteiger partial charge < -0.3 is 4.90 Å². The van der Waals surface area contributed by atoms with E-state index in [1.54, 1.807) is 5.56 Å². The monoisotopic (exact) mass is 663 g/mol. The van der Waals surface area contributed by atoms with Gasteiger partial charge in [0.05, 0.1) is 5.69 Å². The van der Waals surface area contributed by atoms with Crippen molar-refractivity contribution in [2.24, 2.45) is 11.8 Å². The third-order valence-electron chi connectivity index (χ3n) is 13.5. The summed E-state index contributed by atoms with van der Waals surface area (Å²) in [5.41, 5.74) is 14.8. The fraction of sp³-hybridized carbons (Fsp3) is 0.320. The average Bonchev–Trinajstić information content (AvgIpc) is 3.88. The molecule has 3 fully saturated rings. The highest BCUT2D eigenvalue weighted by Gasteiger charge is 2.40. The van der Waals surface area contributed by atoms with Crippen LogP contribution in [0.25, 0.3) is 33.0 Å². The minimum atomic E-state index is -0.0971. The number of fused-ring (bicyclic) bond motifs is 6. The van der Waals surface area contributed by atoms with Crippen LogP contribution in [0.5, 0.6) is 0 Å². The van der Waals surface area contributed by atoms with Gasteiger partial charge in [0.25, 0.3) is 0 Å². The Balaban J connectivity index is 1.11. The van der Waals surface area contributed by atoms with Crippen molar-refractivity contribution >= 4 is 27.8 Å². The lowest BCUT2D eigenvalue weighted by Crippen LogP contribution is -2.17. The van der Waals surface area contributed by atoms with Crippen molar-refractivity contribution in [1.29, 1.82) is 0 Å². The molecular weight excluding hydrogens is 615 g/mol. The van der Waals surface area contributed by atoms with Gasteiger partial charge in [0, 0.05) is 22.2 Å². The maximum absolute atomic E-state index is 2.56. The Morgan fingerprint density at radius 1 is 0.549 bits per heavy atom. The van der Waals surface area contributed by atoms with Crippen LogP contribution in [0.4, 0.5) is 17.1 Å². The van der Waals surface area contributed by atoms with E-state index < -0.39 is 0 Å². The van der Waals surface area contributed by atoms with Crippen LogP contribution in [0.3, 0.4) is 0 Å². The van der Waals surface area contributed by atoms with Crippen molar-refractivity contribution in [3.8, 4) is 22.3 Å². The molecule has 0 amide bonds. The molecule has 254 valence electrons. The Hall–Kier alpha value is -4.62. The summed E-state index contributed by atoms with van der Waals surface area (Å²) in [6.07, 6.45) is 12.4. The first-order chi connectivity index (χ1) is 25.0. The molecular formula is C50H49N. The van der Waals surface area contributed by atoms with Gasteiger partial charge in [0.1, 0.15) is 0 Å². The molecule has 0 aliphatic heterocycles. The van der Waals surface area contributed by atoms with Crippen LogP contribution in [0, 0.1) is 11.8 Å². The minimum Gasteiger partial charge on any atom is -0.310 e. The van der Waals surface area contributed by atoms with E-state index in [4.69, 9.17) is 0 Å². The van der Waals surface area contributed by atoms with E-state index in [0.29, 0.717) is 5.92 Å². The largest absolute Gasteiger partial charge is 0.310 e. The van der Waals surface area contributed by atoms with E-state index in [-0.39, 0.29) is 5.41 Å². The van der Waals surface area contributed by atoms with Crippen LogP contribution in [0.1, 0.15) is 106 Å². The second-order valence-corrected chi connectivity index (χ2v) is 16.8. The lowest BCUT2D eigenvalue weighted by Gasteiger charge is -2.30. The fourth-order valence-corrected chi connectivity index (χ4v) is 10.8. The quantitative estimate of drug-likeness (QED) is 0.171. The van der Waals surface area contributed by atoms with Crippen molar-refractivity contribution in [2.75, 3.05) is 4.90 Å². The first kappa shape index (κ1) is 31.1. The SMILES string of the molecule is CC1(C)c2ccc(-c3ccccc3)cc2-c2ccc(N(c3ccc(C4CC5CCC4C5)cc3)c3cccc4ccc(C5CCCCC5)cc34)cc21. The zero-order valence-corrected chi connectivity index (χ0v) is 30.2. The number of hydrogen-bond acceptors (Lipinski definition) is 1. The highest BCUT2D eigenvalue weighted by molar-refractivity contribution is 6.00. The summed E-state index contributed by atoms with van der Waals surface area (Å²) in [6, 6.07) is 49.2. The highest BCUT2D eigenvalue weighted by atomic mass is 15.1. The molecule has 0 saturated heterocycles. The summed E-state index contributed by atoms with van der Waals surface area (Å²) in [5.74, 6) is 3.25. The molecule has 0 heterocycles. The second-order valence-electron chi connectivity index (χ2n) is 16.8. The smallest absolute Gasteiger partial charge is 0.0540 e. The van der Waals surface area contributed by atoms with Crippen molar-refractivity contribution in [3.05, 3.63) is 150 Å². The first-order valence-electron chi connectivity index (χ1n) is 19.8. The van der Waals surface area contributed by atoms with Crippen molar-refractivity contribution < 1.29 is 0 Å². The van der Waals surface area contributed by atoms with E-state index >= 15 is 0 Å². The van der Waals surface area contributed by atoms with Crippen LogP contribution in [-0.4, -0.2) is 0 Å². The Morgan fingerprint density at radius 2 is 1.35 bits per heavy atom. The molecule has 10 rings (SSSR count). The molecule has 0 radical (unpaired) electrons. The van der Waals surface area contributed by atoms with Crippen LogP contribution < -0.4 is 4.90 Å². The first-order valence-corrected chi connectivity index (χ1v) is 19.8. The molecule has 1 heteroatoms. The van der Waals surface area contributed by atoms with Gasteiger partial charge in [-0.25, -0.2) is 0 Å². The molecule has 3 unspecified atom stereocenters. The van der Waals surface area contributed by atoms with Gasteiger partial charge in [-0.05, 0) is 148 Å². The summed E-state index contributed by atoms with van der Waals surface area (Å²) in [6.45, 7) is 4.82. The lowest BCUT2D eigenvalue weighted by atomic mass is 9.82. The maximum Gasteiger partial charge on any atom is 0.0540 e. The molecule has 6 aromatic rings. The molecule has 0 N–H and O–H groups in total. The third-order valence-corrected chi connectivity index (χ3v) is 13.5. The zero-order valence-electron chi connectivity index (χ0n) is 30.2. The third kappa shape index (κ3) is 5.26.